The molecule has 7 nitrogen and oxygen atoms in total. The first kappa shape index (κ1) is 16.2. The zero-order chi connectivity index (χ0) is 15.9. The fourth-order valence-corrected chi connectivity index (χ4v) is 2.54. The van der Waals surface area contributed by atoms with Crippen molar-refractivity contribution in [2.24, 2.45) is 5.92 Å². The van der Waals surface area contributed by atoms with Gasteiger partial charge in [-0.15, -0.1) is 0 Å². The van der Waals surface area contributed by atoms with E-state index in [1.54, 1.807) is 18.5 Å². The molecule has 7 heteroatoms. The zero-order valence-electron chi connectivity index (χ0n) is 13.0. The Morgan fingerprint density at radius 2 is 2.00 bits per heavy atom. The number of aromatic nitrogens is 2. The Morgan fingerprint density at radius 3 is 2.59 bits per heavy atom. The van der Waals surface area contributed by atoms with Crippen LogP contribution in [0.15, 0.2) is 18.5 Å². The minimum atomic E-state index is -0.316. The number of carbonyl (C=O) groups excluding carboxylic acids is 2. The van der Waals surface area contributed by atoms with Crippen LogP contribution in [-0.2, 0) is 14.3 Å². The number of amides is 1. The van der Waals surface area contributed by atoms with E-state index in [9.17, 15) is 9.59 Å². The van der Waals surface area contributed by atoms with Gasteiger partial charge in [0.1, 0.15) is 0 Å². The minimum absolute atomic E-state index is 0.00466. The number of nitrogens with one attached hydrogen (secondary N) is 1. The van der Waals surface area contributed by atoms with Gasteiger partial charge in [0, 0.05) is 37.4 Å². The number of ether oxygens (including phenoxy) is 1. The number of hydrogen-bond donors (Lipinski definition) is 1. The van der Waals surface area contributed by atoms with E-state index in [1.807, 2.05) is 6.92 Å². The van der Waals surface area contributed by atoms with Crippen LogP contribution in [-0.4, -0.2) is 48.1 Å². The summed E-state index contributed by atoms with van der Waals surface area (Å²) < 4.78 is 4.60. The topological polar surface area (TPSA) is 84.4 Å². The molecule has 120 valence electrons. The maximum Gasteiger partial charge on any atom is 0.307 e. The van der Waals surface area contributed by atoms with E-state index in [2.05, 4.69) is 24.9 Å². The van der Waals surface area contributed by atoms with Crippen LogP contribution in [0.25, 0.3) is 0 Å². The summed E-state index contributed by atoms with van der Waals surface area (Å²) in [5, 5.41) is 2.88. The van der Waals surface area contributed by atoms with Crippen molar-refractivity contribution in [2.45, 2.75) is 32.2 Å². The van der Waals surface area contributed by atoms with Gasteiger partial charge in [-0.1, -0.05) is 0 Å². The molecule has 1 N–H and O–H groups in total. The Hall–Kier alpha value is -2.18. The highest BCUT2D eigenvalue weighted by atomic mass is 16.5. The number of anilines is 1. The van der Waals surface area contributed by atoms with Crippen LogP contribution < -0.4 is 10.2 Å². The summed E-state index contributed by atoms with van der Waals surface area (Å²) >= 11 is 0. The van der Waals surface area contributed by atoms with E-state index >= 15 is 0 Å². The molecule has 1 aliphatic rings. The first-order chi connectivity index (χ1) is 10.6. The van der Waals surface area contributed by atoms with E-state index in [1.165, 1.54) is 7.11 Å². The monoisotopic (exact) mass is 306 g/mol. The lowest BCUT2D eigenvalue weighted by molar-refractivity contribution is -0.141. The molecule has 1 saturated heterocycles. The molecule has 0 unspecified atom stereocenters. The third kappa shape index (κ3) is 4.41. The van der Waals surface area contributed by atoms with Crippen molar-refractivity contribution in [3.05, 3.63) is 18.5 Å². The predicted octanol–water partition coefficient (Wildman–Crippen LogP) is 0.761. The van der Waals surface area contributed by atoms with E-state index in [-0.39, 0.29) is 30.3 Å². The van der Waals surface area contributed by atoms with Crippen LogP contribution >= 0.6 is 0 Å². The number of rotatable bonds is 5. The lowest BCUT2D eigenvalue weighted by atomic mass is 9.95. The van der Waals surface area contributed by atoms with Gasteiger partial charge < -0.3 is 15.0 Å². The van der Waals surface area contributed by atoms with Gasteiger partial charge in [-0.05, 0) is 25.8 Å². The third-order valence-corrected chi connectivity index (χ3v) is 3.79. The second kappa shape index (κ2) is 7.72. The standard InChI is InChI=1S/C15H22N4O3/c1-11(10-13(20)22-2)18-14(21)12-4-8-19(9-5-12)15-16-6-3-7-17-15/h3,6-7,11-12H,4-5,8-10H2,1-2H3,(H,18,21)/t11-/m0/s1. The van der Waals surface area contributed by atoms with E-state index in [0.717, 1.165) is 25.9 Å². The molecule has 0 aromatic carbocycles. The molecule has 2 heterocycles. The molecular weight excluding hydrogens is 284 g/mol. The number of carbonyl (C=O) groups is 2. The van der Waals surface area contributed by atoms with Crippen LogP contribution in [0.3, 0.4) is 0 Å². The summed E-state index contributed by atoms with van der Waals surface area (Å²) in [4.78, 5) is 33.9. The van der Waals surface area contributed by atoms with Crippen molar-refractivity contribution in [3.63, 3.8) is 0 Å². The Bertz CT molecular complexity index is 501. The molecule has 0 saturated carbocycles. The average molecular weight is 306 g/mol. The van der Waals surface area contributed by atoms with Gasteiger partial charge >= 0.3 is 5.97 Å². The lowest BCUT2D eigenvalue weighted by Crippen LogP contribution is -2.44. The molecule has 1 atom stereocenters. The number of hydrogen-bond acceptors (Lipinski definition) is 6. The van der Waals surface area contributed by atoms with Crippen LogP contribution in [0.4, 0.5) is 5.95 Å². The predicted molar refractivity (Wildman–Crippen MR) is 81.2 cm³/mol. The highest BCUT2D eigenvalue weighted by Gasteiger charge is 2.27. The van der Waals surface area contributed by atoms with Crippen LogP contribution in [0, 0.1) is 5.92 Å². The SMILES string of the molecule is COC(=O)C[C@H](C)NC(=O)C1CCN(c2ncccn2)CC1. The molecule has 2 rings (SSSR count). The Kier molecular flexibility index (Phi) is 5.68. The molecule has 22 heavy (non-hydrogen) atoms. The summed E-state index contributed by atoms with van der Waals surface area (Å²) in [6, 6.07) is 1.57. The van der Waals surface area contributed by atoms with Crippen molar-refractivity contribution >= 4 is 17.8 Å². The van der Waals surface area contributed by atoms with E-state index in [4.69, 9.17) is 0 Å². The Morgan fingerprint density at radius 1 is 1.36 bits per heavy atom. The highest BCUT2D eigenvalue weighted by Crippen LogP contribution is 2.20. The number of methoxy groups -OCH3 is 1. The summed E-state index contributed by atoms with van der Waals surface area (Å²) in [6.07, 6.45) is 5.15. The second-order valence-electron chi connectivity index (χ2n) is 5.50. The maximum atomic E-state index is 12.2. The fraction of sp³-hybridized carbons (Fsp3) is 0.600. The highest BCUT2D eigenvalue weighted by molar-refractivity contribution is 5.80. The summed E-state index contributed by atoms with van der Waals surface area (Å²) in [5.41, 5.74) is 0. The molecule has 1 amide bonds. The van der Waals surface area contributed by atoms with Crippen molar-refractivity contribution in [1.29, 1.82) is 0 Å². The molecule has 1 aromatic heterocycles. The molecule has 1 aromatic rings. The van der Waals surface area contributed by atoms with E-state index in [0.29, 0.717) is 5.95 Å². The third-order valence-electron chi connectivity index (χ3n) is 3.79. The summed E-state index contributed by atoms with van der Waals surface area (Å²) in [5.74, 6) is 0.370. The quantitative estimate of drug-likeness (QED) is 0.809. The normalized spacial score (nSPS) is 16.9. The van der Waals surface area contributed by atoms with Crippen molar-refractivity contribution in [3.8, 4) is 0 Å². The number of nitrogens with zero attached hydrogens (tertiary/aromatic N) is 3. The van der Waals surface area contributed by atoms with Gasteiger partial charge in [-0.3, -0.25) is 9.59 Å². The van der Waals surface area contributed by atoms with Gasteiger partial charge in [0.15, 0.2) is 0 Å². The summed E-state index contributed by atoms with van der Waals surface area (Å²) in [7, 11) is 1.35. The molecule has 1 aliphatic heterocycles. The zero-order valence-corrected chi connectivity index (χ0v) is 13.0. The first-order valence-electron chi connectivity index (χ1n) is 7.49. The Labute approximate surface area is 130 Å². The van der Waals surface area contributed by atoms with Crippen LogP contribution in [0.5, 0.6) is 0 Å². The van der Waals surface area contributed by atoms with Gasteiger partial charge in [-0.25, -0.2) is 9.97 Å². The van der Waals surface area contributed by atoms with Crippen LogP contribution in [0.1, 0.15) is 26.2 Å². The largest absolute Gasteiger partial charge is 0.469 e. The first-order valence-corrected chi connectivity index (χ1v) is 7.49. The van der Waals surface area contributed by atoms with Gasteiger partial charge in [0.2, 0.25) is 11.9 Å². The second-order valence-corrected chi connectivity index (χ2v) is 5.50. The molecular formula is C15H22N4O3. The molecule has 0 bridgehead atoms. The number of esters is 1. The smallest absolute Gasteiger partial charge is 0.307 e. The molecule has 1 fully saturated rings. The molecule has 0 radical (unpaired) electrons. The lowest BCUT2D eigenvalue weighted by Gasteiger charge is -2.31. The van der Waals surface area contributed by atoms with Gasteiger partial charge in [0.25, 0.3) is 0 Å². The number of piperidine rings is 1. The average Bonchev–Trinajstić information content (AvgIpc) is 2.55. The summed E-state index contributed by atoms with van der Waals surface area (Å²) in [6.45, 7) is 3.32. The Balaban J connectivity index is 1.79. The fourth-order valence-electron chi connectivity index (χ4n) is 2.54. The van der Waals surface area contributed by atoms with Gasteiger partial charge in [-0.2, -0.15) is 0 Å². The molecule has 0 spiro atoms. The van der Waals surface area contributed by atoms with Crippen LogP contribution in [0.2, 0.25) is 0 Å². The van der Waals surface area contributed by atoms with Gasteiger partial charge in [0.05, 0.1) is 13.5 Å². The van der Waals surface area contributed by atoms with E-state index < -0.39 is 0 Å². The molecule has 0 aliphatic carbocycles. The van der Waals surface area contributed by atoms with Crippen molar-refractivity contribution in [1.82, 2.24) is 15.3 Å². The minimum Gasteiger partial charge on any atom is -0.469 e. The van der Waals surface area contributed by atoms with Crippen molar-refractivity contribution < 1.29 is 14.3 Å². The maximum absolute atomic E-state index is 12.2. The van der Waals surface area contributed by atoms with Crippen molar-refractivity contribution in [2.75, 3.05) is 25.1 Å².